The number of sulfonamides is 1. The molecule has 0 spiro atoms. The minimum Gasteiger partial charge on any atom is -0.497 e. The van der Waals surface area contributed by atoms with Gasteiger partial charge in [-0.2, -0.15) is 4.31 Å². The molecule has 3 aromatic carbocycles. The SMILES string of the molecule is COc1ccc(OC)c(NC(=O)CN(Cc2ccccc2)S(=O)(=O)c2cc(OC)ccc2OC)c1. The number of methoxy groups -OCH3 is 4. The molecule has 0 saturated heterocycles. The van der Waals surface area contributed by atoms with Gasteiger partial charge in [-0.1, -0.05) is 30.3 Å². The summed E-state index contributed by atoms with van der Waals surface area (Å²) in [5.74, 6) is 0.841. The third kappa shape index (κ3) is 6.23. The maximum absolute atomic E-state index is 13.8. The molecule has 0 aromatic heterocycles. The standard InChI is InChI=1S/C25H28N2O7S/c1-31-19-10-12-22(33-3)21(14-19)26-25(28)17-27(16-18-8-6-5-7-9-18)35(29,30)24-15-20(32-2)11-13-23(24)34-4/h5-15H,16-17H2,1-4H3,(H,26,28). The maximum Gasteiger partial charge on any atom is 0.247 e. The van der Waals surface area contributed by atoms with Crippen LogP contribution in [0.2, 0.25) is 0 Å². The van der Waals surface area contributed by atoms with E-state index in [1.807, 2.05) is 6.07 Å². The van der Waals surface area contributed by atoms with E-state index in [2.05, 4.69) is 5.32 Å². The second-order valence-electron chi connectivity index (χ2n) is 7.39. The van der Waals surface area contributed by atoms with Gasteiger partial charge in [-0.3, -0.25) is 4.79 Å². The first kappa shape index (κ1) is 25.9. The Balaban J connectivity index is 1.97. The topological polar surface area (TPSA) is 103 Å². The quantitative estimate of drug-likeness (QED) is 0.429. The van der Waals surface area contributed by atoms with Crippen LogP contribution < -0.4 is 24.3 Å². The zero-order chi connectivity index (χ0) is 25.4. The summed E-state index contributed by atoms with van der Waals surface area (Å²) in [5.41, 5.74) is 1.07. The van der Waals surface area contributed by atoms with Crippen LogP contribution in [0.1, 0.15) is 5.56 Å². The van der Waals surface area contributed by atoms with Gasteiger partial charge in [0, 0.05) is 18.7 Å². The lowest BCUT2D eigenvalue weighted by Gasteiger charge is -2.23. The second kappa shape index (κ2) is 11.6. The molecule has 1 amide bonds. The highest BCUT2D eigenvalue weighted by molar-refractivity contribution is 7.89. The van der Waals surface area contributed by atoms with E-state index in [1.165, 1.54) is 40.6 Å². The van der Waals surface area contributed by atoms with E-state index in [4.69, 9.17) is 18.9 Å². The average molecular weight is 501 g/mol. The van der Waals surface area contributed by atoms with E-state index in [-0.39, 0.29) is 17.2 Å². The molecule has 9 nitrogen and oxygen atoms in total. The molecule has 0 fully saturated rings. The van der Waals surface area contributed by atoms with Crippen molar-refractivity contribution < 1.29 is 32.2 Å². The van der Waals surface area contributed by atoms with Gasteiger partial charge in [-0.15, -0.1) is 0 Å². The monoisotopic (exact) mass is 500 g/mol. The first-order valence-electron chi connectivity index (χ1n) is 10.6. The number of hydrogen-bond acceptors (Lipinski definition) is 7. The van der Waals surface area contributed by atoms with E-state index in [0.29, 0.717) is 28.5 Å². The van der Waals surface area contributed by atoms with Gasteiger partial charge < -0.3 is 24.3 Å². The first-order chi connectivity index (χ1) is 16.8. The van der Waals surface area contributed by atoms with Crippen LogP contribution in [0.25, 0.3) is 0 Å². The van der Waals surface area contributed by atoms with Crippen LogP contribution in [-0.2, 0) is 21.4 Å². The molecule has 0 aliphatic carbocycles. The van der Waals surface area contributed by atoms with Crippen LogP contribution in [-0.4, -0.2) is 53.6 Å². The van der Waals surface area contributed by atoms with E-state index in [1.54, 1.807) is 48.5 Å². The number of nitrogens with one attached hydrogen (secondary N) is 1. The summed E-state index contributed by atoms with van der Waals surface area (Å²) >= 11 is 0. The number of hydrogen-bond donors (Lipinski definition) is 1. The van der Waals surface area contributed by atoms with Crippen LogP contribution >= 0.6 is 0 Å². The lowest BCUT2D eigenvalue weighted by Crippen LogP contribution is -2.37. The van der Waals surface area contributed by atoms with Gasteiger partial charge in [0.2, 0.25) is 15.9 Å². The van der Waals surface area contributed by atoms with Crippen molar-refractivity contribution >= 4 is 21.6 Å². The number of carbonyl (C=O) groups excluding carboxylic acids is 1. The average Bonchev–Trinajstić information content (AvgIpc) is 2.88. The van der Waals surface area contributed by atoms with Gasteiger partial charge in [0.25, 0.3) is 0 Å². The first-order valence-corrected chi connectivity index (χ1v) is 12.0. The summed E-state index contributed by atoms with van der Waals surface area (Å²) in [6.07, 6.45) is 0. The molecular weight excluding hydrogens is 472 g/mol. The zero-order valence-corrected chi connectivity index (χ0v) is 20.8. The van der Waals surface area contributed by atoms with Gasteiger partial charge in [0.05, 0.1) is 40.7 Å². The minimum absolute atomic E-state index is 0.0355. The molecule has 0 saturated carbocycles. The van der Waals surface area contributed by atoms with Crippen LogP contribution in [0.15, 0.2) is 71.6 Å². The zero-order valence-electron chi connectivity index (χ0n) is 20.0. The van der Waals surface area contributed by atoms with E-state index >= 15 is 0 Å². The Labute approximate surface area is 205 Å². The number of benzene rings is 3. The van der Waals surface area contributed by atoms with Gasteiger partial charge >= 0.3 is 0 Å². The third-order valence-corrected chi connectivity index (χ3v) is 7.00. The number of ether oxygens (including phenoxy) is 4. The van der Waals surface area contributed by atoms with Crippen molar-refractivity contribution in [2.45, 2.75) is 11.4 Å². The Morgan fingerprint density at radius 3 is 2.00 bits per heavy atom. The Morgan fingerprint density at radius 2 is 1.40 bits per heavy atom. The summed E-state index contributed by atoms with van der Waals surface area (Å²) in [6.45, 7) is -0.496. The van der Waals surface area contributed by atoms with Crippen molar-refractivity contribution in [3.05, 3.63) is 72.3 Å². The molecule has 0 radical (unpaired) electrons. The fourth-order valence-corrected chi connectivity index (χ4v) is 4.95. The fourth-order valence-electron chi connectivity index (χ4n) is 3.40. The highest BCUT2D eigenvalue weighted by atomic mass is 32.2. The van der Waals surface area contributed by atoms with E-state index in [9.17, 15) is 13.2 Å². The Kier molecular flexibility index (Phi) is 8.56. The Bertz CT molecular complexity index is 1260. The summed E-state index contributed by atoms with van der Waals surface area (Å²) < 4.78 is 49.6. The molecular formula is C25H28N2O7S. The molecule has 3 rings (SSSR count). The molecule has 10 heteroatoms. The molecule has 3 aromatic rings. The predicted octanol–water partition coefficient (Wildman–Crippen LogP) is 3.55. The molecule has 0 aliphatic heterocycles. The van der Waals surface area contributed by atoms with Crippen molar-refractivity contribution in [2.75, 3.05) is 40.3 Å². The molecule has 0 heterocycles. The molecule has 0 atom stereocenters. The van der Waals surface area contributed by atoms with E-state index in [0.717, 1.165) is 4.31 Å². The van der Waals surface area contributed by atoms with Crippen LogP contribution in [0.3, 0.4) is 0 Å². The van der Waals surface area contributed by atoms with Crippen LogP contribution in [0.4, 0.5) is 5.69 Å². The van der Waals surface area contributed by atoms with E-state index < -0.39 is 22.5 Å². The number of amides is 1. The summed E-state index contributed by atoms with van der Waals surface area (Å²) in [7, 11) is 1.61. The summed E-state index contributed by atoms with van der Waals surface area (Å²) in [6, 6.07) is 18.4. The Morgan fingerprint density at radius 1 is 0.800 bits per heavy atom. The number of anilines is 1. The minimum atomic E-state index is -4.18. The van der Waals surface area contributed by atoms with Gasteiger partial charge in [-0.25, -0.2) is 8.42 Å². The predicted molar refractivity (Wildman–Crippen MR) is 132 cm³/mol. The largest absolute Gasteiger partial charge is 0.497 e. The third-order valence-electron chi connectivity index (χ3n) is 5.19. The van der Waals surface area contributed by atoms with Gasteiger partial charge in [0.1, 0.15) is 27.9 Å². The number of nitrogens with zero attached hydrogens (tertiary/aromatic N) is 1. The highest BCUT2D eigenvalue weighted by Crippen LogP contribution is 2.32. The molecule has 0 unspecified atom stereocenters. The smallest absolute Gasteiger partial charge is 0.247 e. The van der Waals surface area contributed by atoms with Crippen LogP contribution in [0.5, 0.6) is 23.0 Å². The van der Waals surface area contributed by atoms with Crippen LogP contribution in [0, 0.1) is 0 Å². The van der Waals surface area contributed by atoms with Crippen molar-refractivity contribution in [3.63, 3.8) is 0 Å². The molecule has 0 bridgehead atoms. The second-order valence-corrected chi connectivity index (χ2v) is 9.30. The fraction of sp³-hybridized carbons (Fsp3) is 0.240. The maximum atomic E-state index is 13.8. The lowest BCUT2D eigenvalue weighted by molar-refractivity contribution is -0.116. The van der Waals surface area contributed by atoms with Crippen molar-refractivity contribution in [1.29, 1.82) is 0 Å². The lowest BCUT2D eigenvalue weighted by atomic mass is 10.2. The van der Waals surface area contributed by atoms with Gasteiger partial charge in [0.15, 0.2) is 0 Å². The Hall–Kier alpha value is -3.76. The molecule has 186 valence electrons. The molecule has 35 heavy (non-hydrogen) atoms. The van der Waals surface area contributed by atoms with Gasteiger partial charge in [-0.05, 0) is 29.8 Å². The summed E-state index contributed by atoms with van der Waals surface area (Å²) in [5, 5.41) is 2.72. The summed E-state index contributed by atoms with van der Waals surface area (Å²) in [4.78, 5) is 13.0. The van der Waals surface area contributed by atoms with Crippen molar-refractivity contribution in [3.8, 4) is 23.0 Å². The number of carbonyl (C=O) groups is 1. The normalized spacial score (nSPS) is 11.1. The highest BCUT2D eigenvalue weighted by Gasteiger charge is 2.30. The molecule has 0 aliphatic rings. The molecule has 1 N–H and O–H groups in total. The van der Waals surface area contributed by atoms with Crippen molar-refractivity contribution in [2.24, 2.45) is 0 Å². The van der Waals surface area contributed by atoms with Crippen molar-refractivity contribution in [1.82, 2.24) is 4.31 Å². The number of rotatable bonds is 11.